The molecule has 0 radical (unpaired) electrons. The Morgan fingerprint density at radius 2 is 1.04 bits per heavy atom. The standard InChI is InChI=1S/C46H26N4/c1-2-13-29-25-30(22-21-27(29)11-1)45-47-37-18-8-5-16-33(37)46(48-45)50-40-26-36-32-15-6-9-19-38(32)49-39-20-10-7-17-34(39)42(44(36)49)41(40)35-24-23-28-12-3-4-14-31(28)43(35)50/h1-26H. The van der Waals surface area contributed by atoms with E-state index in [1.807, 2.05) is 0 Å². The summed E-state index contributed by atoms with van der Waals surface area (Å²) >= 11 is 0. The molecule has 0 bridgehead atoms. The Balaban J connectivity index is 1.33. The van der Waals surface area contributed by atoms with Crippen molar-refractivity contribution in [3.8, 4) is 17.2 Å². The van der Waals surface area contributed by atoms with E-state index in [0.29, 0.717) is 5.82 Å². The number of hydrogen-bond donors (Lipinski definition) is 0. The summed E-state index contributed by atoms with van der Waals surface area (Å²) in [6.45, 7) is 0. The molecular weight excluding hydrogens is 609 g/mol. The maximum absolute atomic E-state index is 5.52. The molecule has 4 aromatic heterocycles. The second-order valence-electron chi connectivity index (χ2n) is 13.4. The van der Waals surface area contributed by atoms with E-state index in [9.17, 15) is 0 Å². The maximum Gasteiger partial charge on any atom is 0.162 e. The van der Waals surface area contributed by atoms with Gasteiger partial charge >= 0.3 is 0 Å². The van der Waals surface area contributed by atoms with Crippen molar-refractivity contribution >= 4 is 92.3 Å². The van der Waals surface area contributed by atoms with Crippen LogP contribution in [-0.4, -0.2) is 18.9 Å². The number of nitrogens with zero attached hydrogens (tertiary/aromatic N) is 4. The summed E-state index contributed by atoms with van der Waals surface area (Å²) in [6, 6.07) is 56.9. The summed E-state index contributed by atoms with van der Waals surface area (Å²) < 4.78 is 4.90. The second kappa shape index (κ2) is 9.43. The number of para-hydroxylation sites is 3. The molecule has 0 fully saturated rings. The second-order valence-corrected chi connectivity index (χ2v) is 13.4. The predicted molar refractivity (Wildman–Crippen MR) is 209 cm³/mol. The van der Waals surface area contributed by atoms with E-state index >= 15 is 0 Å². The van der Waals surface area contributed by atoms with Crippen molar-refractivity contribution in [3.63, 3.8) is 0 Å². The highest BCUT2D eigenvalue weighted by atomic mass is 15.1. The van der Waals surface area contributed by atoms with E-state index < -0.39 is 0 Å². The summed E-state index contributed by atoms with van der Waals surface area (Å²) in [5.74, 6) is 1.60. The van der Waals surface area contributed by atoms with Gasteiger partial charge in [-0.3, -0.25) is 4.57 Å². The molecular formula is C46H26N4. The van der Waals surface area contributed by atoms with Crippen molar-refractivity contribution in [2.24, 2.45) is 0 Å². The first-order valence-corrected chi connectivity index (χ1v) is 17.1. The molecule has 12 rings (SSSR count). The first-order chi connectivity index (χ1) is 24.8. The van der Waals surface area contributed by atoms with E-state index in [1.54, 1.807) is 0 Å². The number of rotatable bonds is 2. The van der Waals surface area contributed by atoms with Crippen LogP contribution in [0.15, 0.2) is 158 Å². The fraction of sp³-hybridized carbons (Fsp3) is 0. The van der Waals surface area contributed by atoms with Crippen LogP contribution in [-0.2, 0) is 0 Å². The Morgan fingerprint density at radius 1 is 0.380 bits per heavy atom. The lowest BCUT2D eigenvalue weighted by atomic mass is 10.0. The van der Waals surface area contributed by atoms with Crippen LogP contribution in [0.3, 0.4) is 0 Å². The number of benzene rings is 8. The molecule has 0 N–H and O–H groups in total. The van der Waals surface area contributed by atoms with Gasteiger partial charge < -0.3 is 4.40 Å². The van der Waals surface area contributed by atoms with Crippen molar-refractivity contribution in [3.05, 3.63) is 158 Å². The van der Waals surface area contributed by atoms with Crippen LogP contribution in [0.1, 0.15) is 0 Å². The summed E-state index contributed by atoms with van der Waals surface area (Å²) in [7, 11) is 0. The van der Waals surface area contributed by atoms with Crippen LogP contribution in [0, 0.1) is 0 Å². The third-order valence-electron chi connectivity index (χ3n) is 10.8. The highest BCUT2D eigenvalue weighted by Gasteiger charge is 2.26. The fourth-order valence-corrected chi connectivity index (χ4v) is 8.68. The highest BCUT2D eigenvalue weighted by Crippen LogP contribution is 2.48. The van der Waals surface area contributed by atoms with E-state index in [0.717, 1.165) is 33.3 Å². The summed E-state index contributed by atoms with van der Waals surface area (Å²) in [5, 5.41) is 13.3. The number of fused-ring (bicyclic) bond motifs is 14. The molecule has 0 aliphatic carbocycles. The monoisotopic (exact) mass is 634 g/mol. The first-order valence-electron chi connectivity index (χ1n) is 17.1. The van der Waals surface area contributed by atoms with Crippen molar-refractivity contribution in [2.45, 2.75) is 0 Å². The minimum Gasteiger partial charge on any atom is -0.308 e. The first kappa shape index (κ1) is 26.2. The largest absolute Gasteiger partial charge is 0.308 e. The van der Waals surface area contributed by atoms with Crippen LogP contribution in [0.25, 0.3) is 110 Å². The van der Waals surface area contributed by atoms with Gasteiger partial charge in [-0.1, -0.05) is 121 Å². The third-order valence-corrected chi connectivity index (χ3v) is 10.8. The lowest BCUT2D eigenvalue weighted by Crippen LogP contribution is -2.03. The highest BCUT2D eigenvalue weighted by molar-refractivity contribution is 6.37. The Bertz CT molecular complexity index is 3380. The molecule has 0 amide bonds. The average molecular weight is 635 g/mol. The molecule has 12 aromatic rings. The normalized spacial score (nSPS) is 12.4. The molecule has 0 atom stereocenters. The van der Waals surface area contributed by atoms with E-state index in [2.05, 4.69) is 167 Å². The topological polar surface area (TPSA) is 35.1 Å². The summed E-state index contributed by atoms with van der Waals surface area (Å²) in [5.41, 5.74) is 7.96. The third kappa shape index (κ3) is 3.30. The molecule has 4 heterocycles. The smallest absolute Gasteiger partial charge is 0.162 e. The van der Waals surface area contributed by atoms with Gasteiger partial charge in [0.05, 0.1) is 33.1 Å². The molecule has 0 aliphatic rings. The minimum absolute atomic E-state index is 0.715. The van der Waals surface area contributed by atoms with Crippen molar-refractivity contribution < 1.29 is 0 Å². The lowest BCUT2D eigenvalue weighted by Gasteiger charge is -2.14. The molecule has 0 spiro atoms. The zero-order valence-corrected chi connectivity index (χ0v) is 26.8. The van der Waals surface area contributed by atoms with Gasteiger partial charge in [-0.2, -0.15) is 0 Å². The zero-order valence-electron chi connectivity index (χ0n) is 26.8. The molecule has 8 aromatic carbocycles. The van der Waals surface area contributed by atoms with Gasteiger partial charge in [0.1, 0.15) is 5.82 Å². The van der Waals surface area contributed by atoms with Crippen molar-refractivity contribution in [2.75, 3.05) is 0 Å². The molecule has 230 valence electrons. The van der Waals surface area contributed by atoms with E-state index in [-0.39, 0.29) is 0 Å². The Hall–Kier alpha value is -6.78. The summed E-state index contributed by atoms with van der Waals surface area (Å²) in [4.78, 5) is 10.7. The van der Waals surface area contributed by atoms with Gasteiger partial charge in [-0.25, -0.2) is 9.97 Å². The molecule has 4 heteroatoms. The molecule has 0 aliphatic heterocycles. The molecule has 4 nitrogen and oxygen atoms in total. The lowest BCUT2D eigenvalue weighted by molar-refractivity contribution is 1.08. The Labute approximate surface area is 285 Å². The Morgan fingerprint density at radius 3 is 1.90 bits per heavy atom. The van der Waals surface area contributed by atoms with Crippen LogP contribution in [0.4, 0.5) is 0 Å². The van der Waals surface area contributed by atoms with Gasteiger partial charge in [-0.05, 0) is 52.6 Å². The van der Waals surface area contributed by atoms with Gasteiger partial charge in [0.15, 0.2) is 5.82 Å². The minimum atomic E-state index is 0.715. The van der Waals surface area contributed by atoms with Gasteiger partial charge in [-0.15, -0.1) is 0 Å². The van der Waals surface area contributed by atoms with Crippen LogP contribution >= 0.6 is 0 Å². The molecule has 0 saturated heterocycles. The summed E-state index contributed by atoms with van der Waals surface area (Å²) in [6.07, 6.45) is 0. The van der Waals surface area contributed by atoms with Crippen LogP contribution in [0.5, 0.6) is 0 Å². The molecule has 50 heavy (non-hydrogen) atoms. The quantitative estimate of drug-likeness (QED) is 0.190. The SMILES string of the molecule is c1ccc2cc(-c3nc(-n4c5cc6c7ccccc7n7c8ccccc8c(c5c5ccc8ccccc8c54)c67)c4ccccc4n3)ccc2c1. The number of hydrogen-bond acceptors (Lipinski definition) is 2. The fourth-order valence-electron chi connectivity index (χ4n) is 8.68. The Kier molecular flexibility index (Phi) is 4.94. The zero-order chi connectivity index (χ0) is 32.5. The maximum atomic E-state index is 5.52. The van der Waals surface area contributed by atoms with Gasteiger partial charge in [0.25, 0.3) is 0 Å². The van der Waals surface area contributed by atoms with Gasteiger partial charge in [0, 0.05) is 48.7 Å². The van der Waals surface area contributed by atoms with Crippen LogP contribution in [0.2, 0.25) is 0 Å². The van der Waals surface area contributed by atoms with Crippen molar-refractivity contribution in [1.82, 2.24) is 18.9 Å². The van der Waals surface area contributed by atoms with E-state index in [4.69, 9.17) is 9.97 Å². The van der Waals surface area contributed by atoms with Crippen LogP contribution < -0.4 is 0 Å². The predicted octanol–water partition coefficient (Wildman–Crippen LogP) is 11.9. The van der Waals surface area contributed by atoms with Crippen molar-refractivity contribution in [1.29, 1.82) is 0 Å². The molecule has 0 saturated carbocycles. The average Bonchev–Trinajstić information content (AvgIpc) is 3.82. The molecule has 0 unspecified atom stereocenters. The van der Waals surface area contributed by atoms with E-state index in [1.165, 1.54) is 70.4 Å². The van der Waals surface area contributed by atoms with Gasteiger partial charge in [0.2, 0.25) is 0 Å². The number of aromatic nitrogens is 4.